The lowest BCUT2D eigenvalue weighted by atomic mass is 10.2. The number of hydrogen-bond donors (Lipinski definition) is 1. The summed E-state index contributed by atoms with van der Waals surface area (Å²) < 4.78 is 7.27. The minimum Gasteiger partial charge on any atom is -0.481 e. The number of ether oxygens (including phenoxy) is 1. The molecule has 2 rings (SSSR count). The first kappa shape index (κ1) is 12.6. The third-order valence-corrected chi connectivity index (χ3v) is 2.73. The van der Waals surface area contributed by atoms with Crippen LogP contribution < -0.4 is 10.1 Å². The fraction of sp³-hybridized carbons (Fsp3) is 0.385. The van der Waals surface area contributed by atoms with Crippen LogP contribution in [0.25, 0.3) is 0 Å². The highest BCUT2D eigenvalue weighted by Gasteiger charge is 2.06. The predicted octanol–water partition coefficient (Wildman–Crippen LogP) is 1.46. The van der Waals surface area contributed by atoms with Crippen LogP contribution in [0.2, 0.25) is 0 Å². The number of methoxy groups -OCH3 is 1. The molecule has 2 heterocycles. The molecule has 2 aromatic heterocycles. The lowest BCUT2D eigenvalue weighted by Crippen LogP contribution is -2.29. The Bertz CT molecular complexity index is 470. The normalized spacial score (nSPS) is 12.3. The summed E-state index contributed by atoms with van der Waals surface area (Å²) in [6.07, 6.45) is 7.31. The molecule has 0 aromatic carbocycles. The van der Waals surface area contributed by atoms with Crippen LogP contribution in [-0.4, -0.2) is 27.7 Å². The SMILES string of the molecule is COc1ncccc1CNC(C)Cn1ccnc1. The molecule has 0 spiro atoms. The van der Waals surface area contributed by atoms with Gasteiger partial charge in [0.1, 0.15) is 0 Å². The van der Waals surface area contributed by atoms with Crippen molar-refractivity contribution in [1.82, 2.24) is 19.9 Å². The highest BCUT2D eigenvalue weighted by atomic mass is 16.5. The van der Waals surface area contributed by atoms with Gasteiger partial charge in [0.15, 0.2) is 0 Å². The monoisotopic (exact) mass is 246 g/mol. The zero-order valence-electron chi connectivity index (χ0n) is 10.7. The summed E-state index contributed by atoms with van der Waals surface area (Å²) in [6, 6.07) is 4.28. The molecule has 2 aromatic rings. The topological polar surface area (TPSA) is 52.0 Å². The van der Waals surface area contributed by atoms with Crippen LogP contribution in [-0.2, 0) is 13.1 Å². The Kier molecular flexibility index (Phi) is 4.30. The Hall–Kier alpha value is -1.88. The summed E-state index contributed by atoms with van der Waals surface area (Å²) in [4.78, 5) is 8.20. The molecule has 0 saturated heterocycles. The minimum absolute atomic E-state index is 0.351. The molecular formula is C13H18N4O. The van der Waals surface area contributed by atoms with E-state index in [4.69, 9.17) is 4.74 Å². The van der Waals surface area contributed by atoms with E-state index >= 15 is 0 Å². The number of imidazole rings is 1. The van der Waals surface area contributed by atoms with Crippen LogP contribution >= 0.6 is 0 Å². The molecule has 0 aliphatic rings. The lowest BCUT2D eigenvalue weighted by molar-refractivity contribution is 0.387. The van der Waals surface area contributed by atoms with Crippen molar-refractivity contribution < 1.29 is 4.74 Å². The molecule has 0 aliphatic heterocycles. The zero-order chi connectivity index (χ0) is 12.8. The Morgan fingerprint density at radius 1 is 1.44 bits per heavy atom. The van der Waals surface area contributed by atoms with Crippen LogP contribution in [0.5, 0.6) is 5.88 Å². The fourth-order valence-electron chi connectivity index (χ4n) is 1.80. The number of nitrogens with one attached hydrogen (secondary N) is 1. The smallest absolute Gasteiger partial charge is 0.217 e. The van der Waals surface area contributed by atoms with Crippen molar-refractivity contribution in [3.63, 3.8) is 0 Å². The maximum absolute atomic E-state index is 5.22. The van der Waals surface area contributed by atoms with E-state index in [0.717, 1.165) is 18.7 Å². The van der Waals surface area contributed by atoms with E-state index in [-0.39, 0.29) is 0 Å². The van der Waals surface area contributed by atoms with Crippen molar-refractivity contribution in [3.05, 3.63) is 42.6 Å². The average Bonchev–Trinajstić information content (AvgIpc) is 2.89. The van der Waals surface area contributed by atoms with Gasteiger partial charge in [-0.15, -0.1) is 0 Å². The van der Waals surface area contributed by atoms with E-state index < -0.39 is 0 Å². The molecule has 1 atom stereocenters. The first-order valence-electron chi connectivity index (χ1n) is 5.96. The van der Waals surface area contributed by atoms with Crippen molar-refractivity contribution in [2.24, 2.45) is 0 Å². The van der Waals surface area contributed by atoms with E-state index in [2.05, 4.69) is 26.8 Å². The largest absolute Gasteiger partial charge is 0.481 e. The maximum atomic E-state index is 5.22. The standard InChI is InChI=1S/C13H18N4O/c1-11(9-17-7-6-14-10-17)16-8-12-4-3-5-15-13(12)18-2/h3-7,10-11,16H,8-9H2,1-2H3. The molecule has 1 N–H and O–H groups in total. The van der Waals surface area contributed by atoms with Gasteiger partial charge >= 0.3 is 0 Å². The molecule has 0 saturated carbocycles. The number of hydrogen-bond acceptors (Lipinski definition) is 4. The van der Waals surface area contributed by atoms with E-state index in [0.29, 0.717) is 11.9 Å². The van der Waals surface area contributed by atoms with Gasteiger partial charge < -0.3 is 14.6 Å². The summed E-state index contributed by atoms with van der Waals surface area (Å²) >= 11 is 0. The highest BCUT2D eigenvalue weighted by molar-refractivity contribution is 5.25. The van der Waals surface area contributed by atoms with Gasteiger partial charge in [0.05, 0.1) is 13.4 Å². The number of rotatable bonds is 6. The van der Waals surface area contributed by atoms with E-state index in [1.54, 1.807) is 19.5 Å². The highest BCUT2D eigenvalue weighted by Crippen LogP contribution is 2.13. The zero-order valence-corrected chi connectivity index (χ0v) is 10.7. The second kappa shape index (κ2) is 6.16. The number of nitrogens with zero attached hydrogens (tertiary/aromatic N) is 3. The molecule has 96 valence electrons. The molecule has 18 heavy (non-hydrogen) atoms. The molecule has 0 radical (unpaired) electrons. The summed E-state index contributed by atoms with van der Waals surface area (Å²) in [5.74, 6) is 0.680. The molecule has 0 fully saturated rings. The van der Waals surface area contributed by atoms with Crippen LogP contribution in [0.15, 0.2) is 37.1 Å². The van der Waals surface area contributed by atoms with Gasteiger partial charge in [-0.3, -0.25) is 0 Å². The Balaban J connectivity index is 1.87. The van der Waals surface area contributed by atoms with Crippen LogP contribution in [0, 0.1) is 0 Å². The van der Waals surface area contributed by atoms with Gasteiger partial charge in [0, 0.05) is 43.3 Å². The second-order valence-corrected chi connectivity index (χ2v) is 4.21. The number of aromatic nitrogens is 3. The minimum atomic E-state index is 0.351. The van der Waals surface area contributed by atoms with Crippen molar-refractivity contribution in [1.29, 1.82) is 0 Å². The Morgan fingerprint density at radius 3 is 3.06 bits per heavy atom. The number of pyridine rings is 1. The molecular weight excluding hydrogens is 228 g/mol. The molecule has 5 nitrogen and oxygen atoms in total. The third-order valence-electron chi connectivity index (χ3n) is 2.73. The Labute approximate surface area is 107 Å². The Morgan fingerprint density at radius 2 is 2.33 bits per heavy atom. The van der Waals surface area contributed by atoms with E-state index in [9.17, 15) is 0 Å². The fourth-order valence-corrected chi connectivity index (χ4v) is 1.80. The van der Waals surface area contributed by atoms with Crippen LogP contribution in [0.4, 0.5) is 0 Å². The van der Waals surface area contributed by atoms with Crippen LogP contribution in [0.3, 0.4) is 0 Å². The quantitative estimate of drug-likeness (QED) is 0.838. The van der Waals surface area contributed by atoms with Gasteiger partial charge in [0.25, 0.3) is 0 Å². The van der Waals surface area contributed by atoms with Crippen molar-refractivity contribution in [2.45, 2.75) is 26.1 Å². The van der Waals surface area contributed by atoms with Gasteiger partial charge in [-0.25, -0.2) is 9.97 Å². The van der Waals surface area contributed by atoms with Gasteiger partial charge in [-0.05, 0) is 13.0 Å². The second-order valence-electron chi connectivity index (χ2n) is 4.21. The average molecular weight is 246 g/mol. The van der Waals surface area contributed by atoms with Gasteiger partial charge in [-0.2, -0.15) is 0 Å². The van der Waals surface area contributed by atoms with Crippen molar-refractivity contribution >= 4 is 0 Å². The van der Waals surface area contributed by atoms with Crippen molar-refractivity contribution in [3.8, 4) is 5.88 Å². The maximum Gasteiger partial charge on any atom is 0.217 e. The summed E-state index contributed by atoms with van der Waals surface area (Å²) in [5.41, 5.74) is 1.07. The predicted molar refractivity (Wildman–Crippen MR) is 69.3 cm³/mol. The van der Waals surface area contributed by atoms with E-state index in [1.807, 2.05) is 24.7 Å². The van der Waals surface area contributed by atoms with Crippen molar-refractivity contribution in [2.75, 3.05) is 7.11 Å². The summed E-state index contributed by atoms with van der Waals surface area (Å²) in [5, 5.41) is 3.44. The van der Waals surface area contributed by atoms with E-state index in [1.165, 1.54) is 0 Å². The molecule has 0 amide bonds. The lowest BCUT2D eigenvalue weighted by Gasteiger charge is -2.15. The third kappa shape index (κ3) is 3.30. The summed E-state index contributed by atoms with van der Waals surface area (Å²) in [7, 11) is 1.64. The molecule has 5 heteroatoms. The first-order valence-corrected chi connectivity index (χ1v) is 5.96. The molecule has 0 aliphatic carbocycles. The first-order chi connectivity index (χ1) is 8.79. The summed E-state index contributed by atoms with van der Waals surface area (Å²) in [6.45, 7) is 3.78. The van der Waals surface area contributed by atoms with Crippen LogP contribution in [0.1, 0.15) is 12.5 Å². The van der Waals surface area contributed by atoms with Gasteiger partial charge in [0.2, 0.25) is 5.88 Å². The molecule has 1 unspecified atom stereocenters. The van der Waals surface area contributed by atoms with Gasteiger partial charge in [-0.1, -0.05) is 6.07 Å². The molecule has 0 bridgehead atoms.